The van der Waals surface area contributed by atoms with Crippen LogP contribution in [0.4, 0.5) is 18.0 Å². The summed E-state index contributed by atoms with van der Waals surface area (Å²) in [6, 6.07) is -1.82. The van der Waals surface area contributed by atoms with Gasteiger partial charge < -0.3 is 14.4 Å². The molecule has 3 fully saturated rings. The number of rotatable bonds is 1. The molecule has 3 rings (SSSR count). The van der Waals surface area contributed by atoms with Crippen LogP contribution in [0.3, 0.4) is 0 Å². The third-order valence-corrected chi connectivity index (χ3v) is 5.45. The average molecular weight is 407 g/mol. The van der Waals surface area contributed by atoms with E-state index in [4.69, 9.17) is 9.47 Å². The maximum atomic E-state index is 13.2. The highest BCUT2D eigenvalue weighted by atomic mass is 19.4. The topological polar surface area (TPSA) is 62.3 Å². The summed E-state index contributed by atoms with van der Waals surface area (Å²) in [4.78, 5) is 29.2. The van der Waals surface area contributed by atoms with E-state index in [1.807, 2.05) is 0 Å². The minimum Gasteiger partial charge on any atom is -0.444 e. The fraction of sp³-hybridized carbons (Fsp3) is 0.889. The lowest BCUT2D eigenvalue weighted by Gasteiger charge is -2.53. The largest absolute Gasteiger partial charge is 0.471 e. The predicted octanol–water partition coefficient (Wildman–Crippen LogP) is 1.86. The van der Waals surface area contributed by atoms with E-state index in [0.717, 1.165) is 30.8 Å². The molecule has 0 N–H and O–H groups in total. The van der Waals surface area contributed by atoms with E-state index < -0.39 is 35.9 Å². The Morgan fingerprint density at radius 1 is 0.929 bits per heavy atom. The van der Waals surface area contributed by atoms with Crippen molar-refractivity contribution in [2.24, 2.45) is 0 Å². The van der Waals surface area contributed by atoms with Crippen LogP contribution in [-0.4, -0.2) is 96.0 Å². The van der Waals surface area contributed by atoms with E-state index >= 15 is 0 Å². The van der Waals surface area contributed by atoms with E-state index in [-0.39, 0.29) is 32.3 Å². The van der Waals surface area contributed by atoms with Crippen molar-refractivity contribution < 1.29 is 32.2 Å². The number of fused-ring (bicyclic) bond motifs is 1. The molecule has 10 heteroatoms. The van der Waals surface area contributed by atoms with Gasteiger partial charge in [-0.1, -0.05) is 0 Å². The third kappa shape index (κ3) is 4.37. The Balaban J connectivity index is 1.89. The summed E-state index contributed by atoms with van der Waals surface area (Å²) in [6.07, 6.45) is -3.63. The monoisotopic (exact) mass is 407 g/mol. The van der Waals surface area contributed by atoms with Crippen LogP contribution in [0.15, 0.2) is 0 Å². The number of likely N-dealkylation sites (tertiary alicyclic amines) is 1. The highest BCUT2D eigenvalue weighted by molar-refractivity contribution is 5.83. The number of hydrogen-bond acceptors (Lipinski definition) is 5. The van der Waals surface area contributed by atoms with E-state index in [1.165, 1.54) is 4.90 Å². The van der Waals surface area contributed by atoms with Crippen LogP contribution < -0.4 is 0 Å². The van der Waals surface area contributed by atoms with Crippen LogP contribution in [0.25, 0.3) is 0 Å². The number of ether oxygens (including phenoxy) is 2. The van der Waals surface area contributed by atoms with Crippen molar-refractivity contribution in [1.29, 1.82) is 0 Å². The van der Waals surface area contributed by atoms with Crippen LogP contribution in [-0.2, 0) is 14.3 Å². The van der Waals surface area contributed by atoms with Gasteiger partial charge in [-0.2, -0.15) is 13.2 Å². The van der Waals surface area contributed by atoms with Gasteiger partial charge in [0.25, 0.3) is 0 Å². The molecule has 0 aromatic rings. The molecule has 0 aliphatic carbocycles. The molecule has 0 saturated carbocycles. The lowest BCUT2D eigenvalue weighted by Crippen LogP contribution is -2.73. The summed E-state index contributed by atoms with van der Waals surface area (Å²) in [7, 11) is 0. The van der Waals surface area contributed by atoms with Gasteiger partial charge in [0.05, 0.1) is 31.3 Å². The predicted molar refractivity (Wildman–Crippen MR) is 93.7 cm³/mol. The van der Waals surface area contributed by atoms with Gasteiger partial charge in [0.15, 0.2) is 0 Å². The Bertz CT molecular complexity index is 602. The molecule has 0 bridgehead atoms. The van der Waals surface area contributed by atoms with Gasteiger partial charge in [0.2, 0.25) is 0 Å². The Morgan fingerprint density at radius 3 is 2.07 bits per heavy atom. The molecule has 2 amide bonds. The standard InChI is InChI=1S/C18H28F3N3O4/c1-17(2,3)28-16(26)23-8-9-24(15(25)18(19,20)21)14-12(10-27-11-13(14)23)22-6-4-5-7-22/h12-14H,4-11H2,1-3H3/t12-,13+,14+/m0/s1. The Morgan fingerprint density at radius 2 is 1.50 bits per heavy atom. The molecule has 0 radical (unpaired) electrons. The minimum atomic E-state index is -4.95. The Kier molecular flexibility index (Phi) is 5.82. The van der Waals surface area contributed by atoms with Crippen LogP contribution in [0.2, 0.25) is 0 Å². The quantitative estimate of drug-likeness (QED) is 0.664. The fourth-order valence-corrected chi connectivity index (χ4v) is 4.32. The molecular weight excluding hydrogens is 379 g/mol. The second-order valence-electron chi connectivity index (χ2n) is 8.58. The molecule has 3 atom stereocenters. The maximum absolute atomic E-state index is 13.2. The summed E-state index contributed by atoms with van der Waals surface area (Å²) in [5, 5.41) is 0. The molecule has 3 aliphatic heterocycles. The van der Waals surface area contributed by atoms with Gasteiger partial charge in [-0.15, -0.1) is 0 Å². The SMILES string of the molecule is CC(C)(C)OC(=O)N1CCN(C(=O)C(F)(F)F)[C@H]2[C@H]1COC[C@@H]2N1CCCC1. The number of piperazine rings is 1. The van der Waals surface area contributed by atoms with Gasteiger partial charge in [-0.3, -0.25) is 14.6 Å². The maximum Gasteiger partial charge on any atom is 0.471 e. The zero-order valence-corrected chi connectivity index (χ0v) is 16.5. The number of alkyl halides is 3. The van der Waals surface area contributed by atoms with Crippen LogP contribution in [0, 0.1) is 0 Å². The number of amides is 2. The van der Waals surface area contributed by atoms with Crippen molar-refractivity contribution in [2.45, 2.75) is 63.5 Å². The van der Waals surface area contributed by atoms with Gasteiger partial charge in [0, 0.05) is 13.1 Å². The van der Waals surface area contributed by atoms with E-state index in [9.17, 15) is 22.8 Å². The first-order chi connectivity index (χ1) is 13.0. The number of halogens is 3. The molecule has 0 aromatic carbocycles. The average Bonchev–Trinajstić information content (AvgIpc) is 3.11. The molecule has 3 saturated heterocycles. The summed E-state index contributed by atoms with van der Waals surface area (Å²) < 4.78 is 50.8. The number of hydrogen-bond donors (Lipinski definition) is 0. The van der Waals surface area contributed by atoms with E-state index in [2.05, 4.69) is 4.90 Å². The molecule has 0 unspecified atom stereocenters. The fourth-order valence-electron chi connectivity index (χ4n) is 4.32. The molecule has 3 aliphatic rings. The Labute approximate surface area is 162 Å². The molecule has 28 heavy (non-hydrogen) atoms. The molecule has 160 valence electrons. The summed E-state index contributed by atoms with van der Waals surface area (Å²) in [6.45, 7) is 6.82. The second kappa shape index (κ2) is 7.70. The van der Waals surface area contributed by atoms with Crippen LogP contribution in [0.1, 0.15) is 33.6 Å². The van der Waals surface area contributed by atoms with Gasteiger partial charge in [-0.05, 0) is 46.7 Å². The molecule has 7 nitrogen and oxygen atoms in total. The summed E-state index contributed by atoms with van der Waals surface area (Å²) in [5.41, 5.74) is -0.727. The lowest BCUT2D eigenvalue weighted by molar-refractivity contribution is -0.198. The first kappa shape index (κ1) is 21.2. The van der Waals surface area contributed by atoms with Crippen molar-refractivity contribution in [3.63, 3.8) is 0 Å². The second-order valence-corrected chi connectivity index (χ2v) is 8.58. The number of nitrogens with zero attached hydrogens (tertiary/aromatic N) is 3. The van der Waals surface area contributed by atoms with Gasteiger partial charge in [0.1, 0.15) is 5.60 Å². The van der Waals surface area contributed by atoms with Crippen molar-refractivity contribution in [1.82, 2.24) is 14.7 Å². The molecular formula is C18H28F3N3O4. The smallest absolute Gasteiger partial charge is 0.444 e. The van der Waals surface area contributed by atoms with Gasteiger partial charge >= 0.3 is 18.2 Å². The first-order valence-electron chi connectivity index (χ1n) is 9.68. The van der Waals surface area contributed by atoms with E-state index in [0.29, 0.717) is 0 Å². The molecule has 3 heterocycles. The van der Waals surface area contributed by atoms with Crippen molar-refractivity contribution in [2.75, 3.05) is 39.4 Å². The third-order valence-electron chi connectivity index (χ3n) is 5.45. The van der Waals surface area contributed by atoms with Crippen molar-refractivity contribution >= 4 is 12.0 Å². The van der Waals surface area contributed by atoms with E-state index in [1.54, 1.807) is 20.8 Å². The minimum absolute atomic E-state index is 0.0199. The van der Waals surface area contributed by atoms with Crippen molar-refractivity contribution in [3.05, 3.63) is 0 Å². The summed E-state index contributed by atoms with van der Waals surface area (Å²) in [5.74, 6) is -1.85. The number of carbonyl (C=O) groups excluding carboxylic acids is 2. The summed E-state index contributed by atoms with van der Waals surface area (Å²) >= 11 is 0. The van der Waals surface area contributed by atoms with Gasteiger partial charge in [-0.25, -0.2) is 4.79 Å². The van der Waals surface area contributed by atoms with Crippen LogP contribution in [0.5, 0.6) is 0 Å². The zero-order chi connectivity index (χ0) is 20.7. The van der Waals surface area contributed by atoms with Crippen LogP contribution >= 0.6 is 0 Å². The Hall–Kier alpha value is -1.55. The highest BCUT2D eigenvalue weighted by Crippen LogP contribution is 2.33. The normalized spacial score (nSPS) is 29.6. The lowest BCUT2D eigenvalue weighted by atomic mass is 9.91. The highest BCUT2D eigenvalue weighted by Gasteiger charge is 2.54. The molecule has 0 aromatic heterocycles. The van der Waals surface area contributed by atoms with Crippen molar-refractivity contribution in [3.8, 4) is 0 Å². The number of carbonyl (C=O) groups is 2. The molecule has 0 spiro atoms. The first-order valence-corrected chi connectivity index (χ1v) is 9.68. The zero-order valence-electron chi connectivity index (χ0n) is 16.5.